The van der Waals surface area contributed by atoms with E-state index in [1.54, 1.807) is 0 Å². The fourth-order valence-electron chi connectivity index (χ4n) is 1.69. The number of benzene rings is 1. The van der Waals surface area contributed by atoms with Crippen molar-refractivity contribution < 1.29 is 14.2 Å². The van der Waals surface area contributed by atoms with Gasteiger partial charge in [0.05, 0.1) is 13.2 Å². The second kappa shape index (κ2) is 8.78. The monoisotopic (exact) mass is 253 g/mol. The maximum Gasteiger partial charge on any atom is 0.164 e. The van der Waals surface area contributed by atoms with E-state index in [0.717, 1.165) is 23.5 Å². The molecule has 0 radical (unpaired) electrons. The molecular weight excluding hydrogens is 230 g/mol. The van der Waals surface area contributed by atoms with Gasteiger partial charge in [-0.15, -0.1) is 0 Å². The molecule has 1 aromatic carbocycles. The van der Waals surface area contributed by atoms with Crippen molar-refractivity contribution in [2.45, 2.75) is 20.3 Å². The molecule has 2 N–H and O–H groups in total. The smallest absolute Gasteiger partial charge is 0.164 e. The number of ether oxygens (including phenoxy) is 3. The predicted molar refractivity (Wildman–Crippen MR) is 72.4 cm³/mol. The van der Waals surface area contributed by atoms with Crippen molar-refractivity contribution >= 4 is 0 Å². The van der Waals surface area contributed by atoms with Crippen molar-refractivity contribution in [2.24, 2.45) is 5.73 Å². The first kappa shape index (κ1) is 14.8. The fraction of sp³-hybridized carbons (Fsp3) is 0.571. The van der Waals surface area contributed by atoms with Crippen LogP contribution in [0.15, 0.2) is 18.2 Å². The third-order valence-corrected chi connectivity index (χ3v) is 2.45. The fourth-order valence-corrected chi connectivity index (χ4v) is 1.69. The van der Waals surface area contributed by atoms with Crippen LogP contribution in [0.4, 0.5) is 0 Å². The molecule has 0 aliphatic rings. The van der Waals surface area contributed by atoms with Crippen molar-refractivity contribution in [3.05, 3.63) is 23.8 Å². The summed E-state index contributed by atoms with van der Waals surface area (Å²) in [5.74, 6) is 1.57. The molecule has 0 heterocycles. The standard InChI is InChI=1S/C14H23NO3/c1-3-16-10-11-18-14-12(8-9-15)6-5-7-13(14)17-4-2/h5-7H,3-4,8-11,15H2,1-2H3. The average molecular weight is 253 g/mol. The maximum absolute atomic E-state index is 5.77. The van der Waals surface area contributed by atoms with Gasteiger partial charge in [-0.25, -0.2) is 0 Å². The van der Waals surface area contributed by atoms with Gasteiger partial charge < -0.3 is 19.9 Å². The quantitative estimate of drug-likeness (QED) is 0.684. The van der Waals surface area contributed by atoms with Crippen molar-refractivity contribution in [3.8, 4) is 11.5 Å². The molecule has 0 atom stereocenters. The van der Waals surface area contributed by atoms with Crippen LogP contribution in [0.3, 0.4) is 0 Å². The molecule has 0 aliphatic carbocycles. The molecule has 0 amide bonds. The molecule has 102 valence electrons. The molecule has 0 fully saturated rings. The third kappa shape index (κ3) is 4.55. The summed E-state index contributed by atoms with van der Waals surface area (Å²) in [5.41, 5.74) is 6.69. The van der Waals surface area contributed by atoms with E-state index in [4.69, 9.17) is 19.9 Å². The molecule has 0 bridgehead atoms. The van der Waals surface area contributed by atoms with E-state index < -0.39 is 0 Å². The summed E-state index contributed by atoms with van der Waals surface area (Å²) in [6.45, 7) is 6.94. The number of nitrogens with two attached hydrogens (primary N) is 1. The van der Waals surface area contributed by atoms with Crippen LogP contribution in [-0.4, -0.2) is 33.0 Å². The van der Waals surface area contributed by atoms with Gasteiger partial charge in [0.15, 0.2) is 11.5 Å². The van der Waals surface area contributed by atoms with Gasteiger partial charge in [0, 0.05) is 6.61 Å². The largest absolute Gasteiger partial charge is 0.490 e. The van der Waals surface area contributed by atoms with E-state index in [-0.39, 0.29) is 0 Å². The molecular formula is C14H23NO3. The molecule has 1 rings (SSSR count). The minimum absolute atomic E-state index is 0.523. The normalized spacial score (nSPS) is 10.4. The average Bonchev–Trinajstić information content (AvgIpc) is 2.38. The Morgan fingerprint density at radius 2 is 1.89 bits per heavy atom. The number of para-hydroxylation sites is 1. The van der Waals surface area contributed by atoms with Crippen LogP contribution in [0.25, 0.3) is 0 Å². The molecule has 0 aromatic heterocycles. The highest BCUT2D eigenvalue weighted by atomic mass is 16.5. The zero-order chi connectivity index (χ0) is 13.2. The Labute approximate surface area is 109 Å². The lowest BCUT2D eigenvalue weighted by Crippen LogP contribution is -2.11. The Bertz CT molecular complexity index is 318. The SMILES string of the molecule is CCOCCOc1c(CCN)cccc1OCC. The Morgan fingerprint density at radius 1 is 1.06 bits per heavy atom. The van der Waals surface area contributed by atoms with Gasteiger partial charge >= 0.3 is 0 Å². The highest BCUT2D eigenvalue weighted by Crippen LogP contribution is 2.31. The summed E-state index contributed by atoms with van der Waals surface area (Å²) in [4.78, 5) is 0. The first-order valence-electron chi connectivity index (χ1n) is 6.48. The molecule has 0 aliphatic heterocycles. The Morgan fingerprint density at radius 3 is 2.56 bits per heavy atom. The van der Waals surface area contributed by atoms with Gasteiger partial charge in [-0.1, -0.05) is 12.1 Å². The van der Waals surface area contributed by atoms with Gasteiger partial charge in [0.1, 0.15) is 6.61 Å². The summed E-state index contributed by atoms with van der Waals surface area (Å²) in [5, 5.41) is 0. The molecule has 1 aromatic rings. The first-order chi connectivity index (χ1) is 8.83. The van der Waals surface area contributed by atoms with E-state index in [2.05, 4.69) is 0 Å². The van der Waals surface area contributed by atoms with Gasteiger partial charge in [-0.2, -0.15) is 0 Å². The highest BCUT2D eigenvalue weighted by Gasteiger charge is 2.10. The first-order valence-corrected chi connectivity index (χ1v) is 6.48. The van der Waals surface area contributed by atoms with Gasteiger partial charge in [0.25, 0.3) is 0 Å². The van der Waals surface area contributed by atoms with Gasteiger partial charge in [0.2, 0.25) is 0 Å². The zero-order valence-electron chi connectivity index (χ0n) is 11.3. The molecule has 4 nitrogen and oxygen atoms in total. The highest BCUT2D eigenvalue weighted by molar-refractivity contribution is 5.46. The lowest BCUT2D eigenvalue weighted by atomic mass is 10.1. The van der Waals surface area contributed by atoms with E-state index in [9.17, 15) is 0 Å². The third-order valence-electron chi connectivity index (χ3n) is 2.45. The molecule has 0 saturated heterocycles. The lowest BCUT2D eigenvalue weighted by molar-refractivity contribution is 0.108. The van der Waals surface area contributed by atoms with E-state index in [0.29, 0.717) is 33.0 Å². The predicted octanol–water partition coefficient (Wildman–Crippen LogP) is 2.00. The van der Waals surface area contributed by atoms with Crippen LogP contribution in [0.2, 0.25) is 0 Å². The summed E-state index contributed by atoms with van der Waals surface area (Å²) in [6, 6.07) is 5.90. The zero-order valence-corrected chi connectivity index (χ0v) is 11.3. The van der Waals surface area contributed by atoms with Crippen LogP contribution in [0.1, 0.15) is 19.4 Å². The molecule has 0 saturated carbocycles. The topological polar surface area (TPSA) is 53.7 Å². The van der Waals surface area contributed by atoms with Crippen molar-refractivity contribution in [1.82, 2.24) is 0 Å². The lowest BCUT2D eigenvalue weighted by Gasteiger charge is -2.15. The van der Waals surface area contributed by atoms with E-state index in [1.165, 1.54) is 0 Å². The van der Waals surface area contributed by atoms with E-state index in [1.807, 2.05) is 32.0 Å². The minimum Gasteiger partial charge on any atom is -0.490 e. The number of rotatable bonds is 9. The van der Waals surface area contributed by atoms with Crippen LogP contribution in [0, 0.1) is 0 Å². The Kier molecular flexibility index (Phi) is 7.22. The van der Waals surface area contributed by atoms with Crippen LogP contribution >= 0.6 is 0 Å². The van der Waals surface area contributed by atoms with Crippen LogP contribution < -0.4 is 15.2 Å². The molecule has 18 heavy (non-hydrogen) atoms. The second-order valence-electron chi connectivity index (χ2n) is 3.76. The summed E-state index contributed by atoms with van der Waals surface area (Å²) in [6.07, 6.45) is 0.783. The summed E-state index contributed by atoms with van der Waals surface area (Å²) >= 11 is 0. The Hall–Kier alpha value is -1.26. The van der Waals surface area contributed by atoms with Crippen molar-refractivity contribution in [3.63, 3.8) is 0 Å². The minimum atomic E-state index is 0.523. The molecule has 0 unspecified atom stereocenters. The number of hydrogen-bond acceptors (Lipinski definition) is 4. The van der Waals surface area contributed by atoms with Crippen molar-refractivity contribution in [2.75, 3.05) is 33.0 Å². The number of hydrogen-bond donors (Lipinski definition) is 1. The Balaban J connectivity index is 2.74. The molecule has 0 spiro atoms. The van der Waals surface area contributed by atoms with Crippen LogP contribution in [-0.2, 0) is 11.2 Å². The molecule has 4 heteroatoms. The second-order valence-corrected chi connectivity index (χ2v) is 3.76. The van der Waals surface area contributed by atoms with Gasteiger partial charge in [-0.3, -0.25) is 0 Å². The summed E-state index contributed by atoms with van der Waals surface area (Å²) in [7, 11) is 0. The van der Waals surface area contributed by atoms with Crippen molar-refractivity contribution in [1.29, 1.82) is 0 Å². The summed E-state index contributed by atoms with van der Waals surface area (Å²) < 4.78 is 16.6. The maximum atomic E-state index is 5.77. The van der Waals surface area contributed by atoms with Gasteiger partial charge in [-0.05, 0) is 38.4 Å². The van der Waals surface area contributed by atoms with Crippen LogP contribution in [0.5, 0.6) is 11.5 Å². The van der Waals surface area contributed by atoms with E-state index >= 15 is 0 Å².